The van der Waals surface area contributed by atoms with Crippen molar-refractivity contribution >= 4 is 0 Å². The van der Waals surface area contributed by atoms with Gasteiger partial charge in [0.1, 0.15) is 0 Å². The second-order valence-corrected chi connectivity index (χ2v) is 6.14. The predicted octanol–water partition coefficient (Wildman–Crippen LogP) is 3.01. The second-order valence-electron chi connectivity index (χ2n) is 6.14. The van der Waals surface area contributed by atoms with Gasteiger partial charge in [-0.05, 0) is 43.7 Å². The summed E-state index contributed by atoms with van der Waals surface area (Å²) >= 11 is 0. The first kappa shape index (κ1) is 14.2. The first-order valence-electron chi connectivity index (χ1n) is 6.41. The van der Waals surface area contributed by atoms with Gasteiger partial charge in [0, 0.05) is 11.6 Å². The normalized spacial score (nSPS) is 14.1. The Morgan fingerprint density at radius 3 is 2.06 bits per heavy atom. The first-order valence-corrected chi connectivity index (χ1v) is 6.41. The van der Waals surface area contributed by atoms with E-state index < -0.39 is 0 Å². The molecule has 96 valence electrons. The number of benzene rings is 1. The molecule has 1 aromatic rings. The molecule has 0 aliphatic heterocycles. The minimum Gasteiger partial charge on any atom is -0.325 e. The maximum atomic E-state index is 6.15. The molecule has 0 aliphatic rings. The minimum absolute atomic E-state index is 0.0306. The molecule has 2 nitrogen and oxygen atoms in total. The van der Waals surface area contributed by atoms with E-state index in [0.29, 0.717) is 5.92 Å². The number of nitrogens with two attached hydrogens (primary N) is 2. The maximum absolute atomic E-state index is 6.15. The molecule has 0 saturated heterocycles. The van der Waals surface area contributed by atoms with E-state index in [0.717, 1.165) is 12.8 Å². The third-order valence-corrected chi connectivity index (χ3v) is 2.80. The quantitative estimate of drug-likeness (QED) is 0.823. The van der Waals surface area contributed by atoms with Crippen LogP contribution in [0.5, 0.6) is 0 Å². The van der Waals surface area contributed by atoms with Crippen LogP contribution < -0.4 is 11.5 Å². The summed E-state index contributed by atoms with van der Waals surface area (Å²) in [6.07, 6.45) is 1.93. The molecule has 4 N–H and O–H groups in total. The van der Waals surface area contributed by atoms with Gasteiger partial charge < -0.3 is 11.5 Å². The van der Waals surface area contributed by atoms with E-state index in [9.17, 15) is 0 Å². The molecular formula is C15H26N2. The van der Waals surface area contributed by atoms with Crippen molar-refractivity contribution in [2.45, 2.75) is 52.1 Å². The zero-order valence-corrected chi connectivity index (χ0v) is 11.5. The fourth-order valence-electron chi connectivity index (χ4n) is 2.06. The molecule has 0 aliphatic carbocycles. The smallest absolute Gasteiger partial charge is 0.0312 e. The van der Waals surface area contributed by atoms with E-state index in [1.807, 2.05) is 13.8 Å². The molecule has 0 spiro atoms. The van der Waals surface area contributed by atoms with Gasteiger partial charge in [0.25, 0.3) is 0 Å². The van der Waals surface area contributed by atoms with Crippen molar-refractivity contribution in [2.75, 3.05) is 0 Å². The van der Waals surface area contributed by atoms with Crippen molar-refractivity contribution in [1.82, 2.24) is 0 Å². The Morgan fingerprint density at radius 2 is 1.65 bits per heavy atom. The van der Waals surface area contributed by atoms with Gasteiger partial charge in [0.15, 0.2) is 0 Å². The lowest BCUT2D eigenvalue weighted by Crippen LogP contribution is -2.35. The van der Waals surface area contributed by atoms with Crippen LogP contribution in [0.4, 0.5) is 0 Å². The SMILES string of the molecule is CC(C)Cc1ccc(C(N)CC(C)(C)N)cc1. The fourth-order valence-corrected chi connectivity index (χ4v) is 2.06. The van der Waals surface area contributed by atoms with E-state index in [4.69, 9.17) is 11.5 Å². The highest BCUT2D eigenvalue weighted by Gasteiger charge is 2.17. The lowest BCUT2D eigenvalue weighted by molar-refractivity contribution is 0.429. The van der Waals surface area contributed by atoms with Crippen molar-refractivity contribution < 1.29 is 0 Å². The number of hydrogen-bond donors (Lipinski definition) is 2. The molecule has 1 unspecified atom stereocenters. The van der Waals surface area contributed by atoms with Crippen LogP contribution in [0.15, 0.2) is 24.3 Å². The molecule has 0 fully saturated rings. The molecule has 0 saturated carbocycles. The predicted molar refractivity (Wildman–Crippen MR) is 74.8 cm³/mol. The van der Waals surface area contributed by atoms with Crippen LogP contribution in [0, 0.1) is 5.92 Å². The Morgan fingerprint density at radius 1 is 1.12 bits per heavy atom. The highest BCUT2D eigenvalue weighted by molar-refractivity contribution is 5.25. The van der Waals surface area contributed by atoms with Crippen LogP contribution in [0.1, 0.15) is 51.3 Å². The van der Waals surface area contributed by atoms with Crippen molar-refractivity contribution in [3.63, 3.8) is 0 Å². The topological polar surface area (TPSA) is 52.0 Å². The molecule has 2 heteroatoms. The van der Waals surface area contributed by atoms with Crippen molar-refractivity contribution in [3.8, 4) is 0 Å². The Labute approximate surface area is 105 Å². The van der Waals surface area contributed by atoms with Crippen molar-refractivity contribution in [1.29, 1.82) is 0 Å². The second kappa shape index (κ2) is 5.65. The minimum atomic E-state index is -0.212. The van der Waals surface area contributed by atoms with E-state index >= 15 is 0 Å². The summed E-state index contributed by atoms with van der Waals surface area (Å²) in [6, 6.07) is 8.66. The summed E-state index contributed by atoms with van der Waals surface area (Å²) in [4.78, 5) is 0. The van der Waals surface area contributed by atoms with Crippen LogP contribution in [-0.2, 0) is 6.42 Å². The third kappa shape index (κ3) is 5.33. The molecule has 17 heavy (non-hydrogen) atoms. The van der Waals surface area contributed by atoms with Crippen LogP contribution in [-0.4, -0.2) is 5.54 Å². The summed E-state index contributed by atoms with van der Waals surface area (Å²) in [5.74, 6) is 0.692. The van der Waals surface area contributed by atoms with E-state index in [-0.39, 0.29) is 11.6 Å². The molecule has 1 atom stereocenters. The van der Waals surface area contributed by atoms with Gasteiger partial charge >= 0.3 is 0 Å². The summed E-state index contributed by atoms with van der Waals surface area (Å²) in [7, 11) is 0. The molecular weight excluding hydrogens is 208 g/mol. The Bertz CT molecular complexity index is 333. The maximum Gasteiger partial charge on any atom is 0.0312 e. The van der Waals surface area contributed by atoms with Gasteiger partial charge in [-0.25, -0.2) is 0 Å². The highest BCUT2D eigenvalue weighted by atomic mass is 14.7. The molecule has 0 bridgehead atoms. The molecule has 1 rings (SSSR count). The highest BCUT2D eigenvalue weighted by Crippen LogP contribution is 2.21. The van der Waals surface area contributed by atoms with Crippen molar-refractivity contribution in [2.24, 2.45) is 17.4 Å². The van der Waals surface area contributed by atoms with Crippen LogP contribution in [0.25, 0.3) is 0 Å². The number of hydrogen-bond acceptors (Lipinski definition) is 2. The molecule has 0 radical (unpaired) electrons. The first-order chi connectivity index (χ1) is 7.78. The Kier molecular flexibility index (Phi) is 4.72. The van der Waals surface area contributed by atoms with E-state index in [1.165, 1.54) is 11.1 Å². The molecule has 1 aromatic carbocycles. The fraction of sp³-hybridized carbons (Fsp3) is 0.600. The standard InChI is InChI=1S/C15H26N2/c1-11(2)9-12-5-7-13(8-6-12)14(16)10-15(3,4)17/h5-8,11,14H,9-10,16-17H2,1-4H3. The van der Waals surface area contributed by atoms with Crippen molar-refractivity contribution in [3.05, 3.63) is 35.4 Å². The lowest BCUT2D eigenvalue weighted by atomic mass is 9.91. The lowest BCUT2D eigenvalue weighted by Gasteiger charge is -2.23. The molecule has 0 aromatic heterocycles. The summed E-state index contributed by atoms with van der Waals surface area (Å²) in [6.45, 7) is 8.49. The van der Waals surface area contributed by atoms with Crippen LogP contribution >= 0.6 is 0 Å². The zero-order chi connectivity index (χ0) is 13.1. The van der Waals surface area contributed by atoms with Gasteiger partial charge in [-0.1, -0.05) is 38.1 Å². The third-order valence-electron chi connectivity index (χ3n) is 2.80. The van der Waals surface area contributed by atoms with Gasteiger partial charge in [-0.15, -0.1) is 0 Å². The molecule has 0 amide bonds. The zero-order valence-electron chi connectivity index (χ0n) is 11.5. The van der Waals surface area contributed by atoms with Gasteiger partial charge in [0.2, 0.25) is 0 Å². The summed E-state index contributed by atoms with van der Waals surface area (Å²) in [5, 5.41) is 0. The van der Waals surface area contributed by atoms with Gasteiger partial charge in [0.05, 0.1) is 0 Å². The Hall–Kier alpha value is -0.860. The van der Waals surface area contributed by atoms with Gasteiger partial charge in [-0.3, -0.25) is 0 Å². The average molecular weight is 234 g/mol. The Balaban J connectivity index is 2.67. The number of rotatable bonds is 5. The largest absolute Gasteiger partial charge is 0.325 e. The average Bonchev–Trinajstić information content (AvgIpc) is 2.15. The van der Waals surface area contributed by atoms with Gasteiger partial charge in [-0.2, -0.15) is 0 Å². The molecule has 0 heterocycles. The summed E-state index contributed by atoms with van der Waals surface area (Å²) in [5.41, 5.74) is 14.5. The van der Waals surface area contributed by atoms with E-state index in [2.05, 4.69) is 38.1 Å². The van der Waals surface area contributed by atoms with E-state index in [1.54, 1.807) is 0 Å². The van der Waals surface area contributed by atoms with Crippen LogP contribution in [0.2, 0.25) is 0 Å². The summed E-state index contributed by atoms with van der Waals surface area (Å²) < 4.78 is 0. The van der Waals surface area contributed by atoms with Crippen LogP contribution in [0.3, 0.4) is 0 Å². The monoisotopic (exact) mass is 234 g/mol.